The lowest BCUT2D eigenvalue weighted by Gasteiger charge is -2.24. The lowest BCUT2D eigenvalue weighted by molar-refractivity contribution is 0.0268. The maximum Gasteiger partial charge on any atom is 0.236 e. The van der Waals surface area contributed by atoms with Gasteiger partial charge in [-0.15, -0.1) is 24.0 Å². The number of anilines is 1. The Bertz CT molecular complexity index is 722. The molecule has 1 aliphatic rings. The van der Waals surface area contributed by atoms with Gasteiger partial charge in [0.05, 0.1) is 17.0 Å². The number of nitrogens with zero attached hydrogens (tertiary/aromatic N) is 2. The van der Waals surface area contributed by atoms with Crippen LogP contribution in [0.4, 0.5) is 5.69 Å². The van der Waals surface area contributed by atoms with Crippen LogP contribution in [-0.2, 0) is 21.2 Å². The second-order valence-electron chi connectivity index (χ2n) is 6.58. The second-order valence-corrected chi connectivity index (χ2v) is 8.60. The number of fused-ring (bicyclic) bond motifs is 1. The zero-order valence-corrected chi connectivity index (χ0v) is 18.9. The predicted molar refractivity (Wildman–Crippen MR) is 117 cm³/mol. The highest BCUT2D eigenvalue weighted by Crippen LogP contribution is 2.29. The minimum atomic E-state index is -3.36. The summed E-state index contributed by atoms with van der Waals surface area (Å²) in [4.78, 5) is 4.11. The first-order valence-electron chi connectivity index (χ1n) is 8.37. The number of guanidine groups is 1. The highest BCUT2D eigenvalue weighted by Gasteiger charge is 2.28. The molecule has 0 atom stereocenters. The Labute approximate surface area is 173 Å². The molecule has 0 aliphatic carbocycles. The maximum absolute atomic E-state index is 12.6. The molecule has 1 aromatic rings. The van der Waals surface area contributed by atoms with Gasteiger partial charge < -0.3 is 15.4 Å². The van der Waals surface area contributed by atoms with Gasteiger partial charge in [-0.2, -0.15) is 0 Å². The highest BCUT2D eigenvalue weighted by molar-refractivity contribution is 14.0. The third-order valence-corrected chi connectivity index (χ3v) is 6.06. The van der Waals surface area contributed by atoms with E-state index in [0.717, 1.165) is 17.7 Å². The summed E-state index contributed by atoms with van der Waals surface area (Å²) in [5.41, 5.74) is 1.55. The topological polar surface area (TPSA) is 83.0 Å². The van der Waals surface area contributed by atoms with Crippen molar-refractivity contribution in [2.45, 2.75) is 25.9 Å². The number of benzene rings is 1. The molecule has 0 saturated heterocycles. The van der Waals surface area contributed by atoms with Crippen molar-refractivity contribution in [3.05, 3.63) is 29.8 Å². The molecule has 0 spiro atoms. The molecule has 0 aromatic heterocycles. The monoisotopic (exact) mass is 496 g/mol. The van der Waals surface area contributed by atoms with Gasteiger partial charge in [0.25, 0.3) is 0 Å². The van der Waals surface area contributed by atoms with Gasteiger partial charge in [0.15, 0.2) is 5.96 Å². The Morgan fingerprint density at radius 3 is 2.65 bits per heavy atom. The van der Waals surface area contributed by atoms with Crippen LogP contribution in [0.5, 0.6) is 0 Å². The maximum atomic E-state index is 12.6. The van der Waals surface area contributed by atoms with Crippen molar-refractivity contribution in [3.8, 4) is 0 Å². The van der Waals surface area contributed by atoms with Gasteiger partial charge >= 0.3 is 0 Å². The van der Waals surface area contributed by atoms with E-state index in [1.165, 1.54) is 4.31 Å². The molecule has 0 saturated carbocycles. The Morgan fingerprint density at radius 2 is 2.00 bits per heavy atom. The molecule has 1 aromatic carbocycles. The fourth-order valence-electron chi connectivity index (χ4n) is 2.59. The number of nitrogens with one attached hydrogen (secondary N) is 2. The predicted octanol–water partition coefficient (Wildman–Crippen LogP) is 1.59. The fraction of sp³-hybridized carbons (Fsp3) is 0.588. The average Bonchev–Trinajstić information content (AvgIpc) is 3.03. The number of rotatable bonds is 7. The summed E-state index contributed by atoms with van der Waals surface area (Å²) >= 11 is 0. The van der Waals surface area contributed by atoms with Gasteiger partial charge in [-0.05, 0) is 31.9 Å². The number of para-hydroxylation sites is 1. The quantitative estimate of drug-likeness (QED) is 0.341. The number of aliphatic imine (C=N–C) groups is 1. The van der Waals surface area contributed by atoms with Crippen molar-refractivity contribution in [2.24, 2.45) is 4.99 Å². The Hall–Kier alpha value is -1.07. The molecular formula is C17H29IN4O3S. The molecule has 0 bridgehead atoms. The first kappa shape index (κ1) is 23.0. The van der Waals surface area contributed by atoms with E-state index < -0.39 is 10.0 Å². The van der Waals surface area contributed by atoms with Crippen molar-refractivity contribution in [2.75, 3.05) is 43.8 Å². The van der Waals surface area contributed by atoms with Crippen molar-refractivity contribution in [1.82, 2.24) is 10.6 Å². The van der Waals surface area contributed by atoms with E-state index in [1.54, 1.807) is 14.2 Å². The molecular weight excluding hydrogens is 467 g/mol. The van der Waals surface area contributed by atoms with Crippen molar-refractivity contribution < 1.29 is 13.2 Å². The summed E-state index contributed by atoms with van der Waals surface area (Å²) in [6, 6.07) is 7.65. The van der Waals surface area contributed by atoms with Gasteiger partial charge in [-0.25, -0.2) is 8.42 Å². The van der Waals surface area contributed by atoms with Crippen LogP contribution in [-0.4, -0.2) is 59.5 Å². The van der Waals surface area contributed by atoms with E-state index >= 15 is 0 Å². The lowest BCUT2D eigenvalue weighted by Crippen LogP contribution is -2.46. The molecule has 2 N–H and O–H groups in total. The Kier molecular flexibility index (Phi) is 8.61. The normalized spacial score (nSPS) is 14.6. The number of ether oxygens (including phenoxy) is 1. The Balaban J connectivity index is 0.00000338. The van der Waals surface area contributed by atoms with E-state index in [4.69, 9.17) is 4.74 Å². The lowest BCUT2D eigenvalue weighted by atomic mass is 10.1. The number of hydrogen-bond acceptors (Lipinski definition) is 4. The van der Waals surface area contributed by atoms with Gasteiger partial charge in [-0.3, -0.25) is 9.30 Å². The minimum absolute atomic E-state index is 0. The fourth-order valence-corrected chi connectivity index (χ4v) is 4.02. The number of hydrogen-bond donors (Lipinski definition) is 2. The summed E-state index contributed by atoms with van der Waals surface area (Å²) < 4.78 is 32.1. The van der Waals surface area contributed by atoms with Crippen LogP contribution >= 0.6 is 24.0 Å². The second kappa shape index (κ2) is 9.75. The first-order chi connectivity index (χ1) is 11.8. The average molecular weight is 496 g/mol. The molecule has 2 rings (SSSR count). The highest BCUT2D eigenvalue weighted by atomic mass is 127. The van der Waals surface area contributed by atoms with Crippen molar-refractivity contribution in [1.29, 1.82) is 0 Å². The molecule has 26 heavy (non-hydrogen) atoms. The molecule has 0 fully saturated rings. The Morgan fingerprint density at radius 1 is 1.31 bits per heavy atom. The first-order valence-corrected chi connectivity index (χ1v) is 9.98. The molecule has 7 nitrogen and oxygen atoms in total. The third-order valence-electron chi connectivity index (χ3n) is 4.29. The molecule has 0 amide bonds. The van der Waals surface area contributed by atoms with E-state index in [0.29, 0.717) is 19.0 Å². The van der Waals surface area contributed by atoms with Gasteiger partial charge in [-0.1, -0.05) is 18.2 Å². The van der Waals surface area contributed by atoms with Gasteiger partial charge in [0.2, 0.25) is 10.0 Å². The molecule has 9 heteroatoms. The van der Waals surface area contributed by atoms with Gasteiger partial charge in [0.1, 0.15) is 0 Å². The van der Waals surface area contributed by atoms with Crippen LogP contribution in [0.1, 0.15) is 19.4 Å². The standard InChI is InChI=1S/C17H28N4O3S.HI/c1-17(2,24-4)13-20-16(18-3)19-10-12-25(22,23)21-11-9-14-7-5-6-8-15(14)21;/h5-8H,9-13H2,1-4H3,(H2,18,19,20);1H. The van der Waals surface area contributed by atoms with Crippen LogP contribution in [0.25, 0.3) is 0 Å². The van der Waals surface area contributed by atoms with E-state index in [2.05, 4.69) is 15.6 Å². The molecule has 0 unspecified atom stereocenters. The SMILES string of the molecule is CN=C(NCCS(=O)(=O)N1CCc2ccccc21)NCC(C)(C)OC.I. The number of halogens is 1. The van der Waals surface area contributed by atoms with Crippen LogP contribution in [0.15, 0.2) is 29.3 Å². The molecule has 1 aliphatic heterocycles. The minimum Gasteiger partial charge on any atom is -0.377 e. The zero-order chi connectivity index (χ0) is 18.5. The molecule has 148 valence electrons. The molecule has 0 radical (unpaired) electrons. The van der Waals surface area contributed by atoms with E-state index in [1.807, 2.05) is 38.1 Å². The van der Waals surface area contributed by atoms with Crippen molar-refractivity contribution in [3.63, 3.8) is 0 Å². The molecule has 1 heterocycles. The van der Waals surface area contributed by atoms with Crippen molar-refractivity contribution >= 4 is 45.6 Å². The summed E-state index contributed by atoms with van der Waals surface area (Å²) in [6.07, 6.45) is 0.762. The number of methoxy groups -OCH3 is 1. The van der Waals surface area contributed by atoms with Crippen LogP contribution < -0.4 is 14.9 Å². The van der Waals surface area contributed by atoms with Crippen LogP contribution in [0, 0.1) is 0 Å². The smallest absolute Gasteiger partial charge is 0.236 e. The van der Waals surface area contributed by atoms with E-state index in [9.17, 15) is 8.42 Å². The largest absolute Gasteiger partial charge is 0.377 e. The summed E-state index contributed by atoms with van der Waals surface area (Å²) in [5, 5.41) is 6.18. The third kappa shape index (κ3) is 5.98. The summed E-state index contributed by atoms with van der Waals surface area (Å²) in [5.74, 6) is 0.567. The summed E-state index contributed by atoms with van der Waals surface area (Å²) in [7, 11) is -0.0577. The van der Waals surface area contributed by atoms with Gasteiger partial charge in [0, 0.05) is 33.8 Å². The number of sulfonamides is 1. The van der Waals surface area contributed by atoms with Crippen LogP contribution in [0.3, 0.4) is 0 Å². The van der Waals surface area contributed by atoms with Crippen LogP contribution in [0.2, 0.25) is 0 Å². The zero-order valence-electron chi connectivity index (χ0n) is 15.8. The summed E-state index contributed by atoms with van der Waals surface area (Å²) in [6.45, 7) is 5.28. The van der Waals surface area contributed by atoms with E-state index in [-0.39, 0.29) is 41.9 Å².